The molecule has 1 aromatic heterocycles. The Hall–Kier alpha value is -1.00. The maximum Gasteiger partial charge on any atom is 0.400 e. The third-order valence-electron chi connectivity index (χ3n) is 3.31. The van der Waals surface area contributed by atoms with Crippen LogP contribution in [0.4, 0.5) is 13.2 Å². The summed E-state index contributed by atoms with van der Waals surface area (Å²) in [5.41, 5.74) is -1.00. The van der Waals surface area contributed by atoms with E-state index in [4.69, 9.17) is 0 Å². The summed E-state index contributed by atoms with van der Waals surface area (Å²) in [6, 6.07) is 1.58. The minimum absolute atomic E-state index is 0.164. The number of halogens is 3. The average Bonchev–Trinajstić information content (AvgIpc) is 2.83. The first-order chi connectivity index (χ1) is 7.58. The van der Waals surface area contributed by atoms with E-state index in [0.717, 1.165) is 5.69 Å². The molecule has 2 nitrogen and oxygen atoms in total. The van der Waals surface area contributed by atoms with E-state index >= 15 is 0 Å². The second-order valence-corrected chi connectivity index (χ2v) is 5.83. The molecule has 96 valence electrons. The predicted molar refractivity (Wildman–Crippen MR) is 58.9 cm³/mol. The van der Waals surface area contributed by atoms with E-state index < -0.39 is 11.6 Å². The maximum absolute atomic E-state index is 13.0. The molecule has 0 bridgehead atoms. The van der Waals surface area contributed by atoms with Gasteiger partial charge in [0.25, 0.3) is 0 Å². The summed E-state index contributed by atoms with van der Waals surface area (Å²) in [6.07, 6.45) is -3.86. The minimum atomic E-state index is -4.18. The van der Waals surface area contributed by atoms with Crippen molar-refractivity contribution in [2.24, 2.45) is 0 Å². The Morgan fingerprint density at radius 1 is 1.24 bits per heavy atom. The largest absolute Gasteiger partial charge is 0.400 e. The van der Waals surface area contributed by atoms with Crippen molar-refractivity contribution in [3.63, 3.8) is 0 Å². The number of aryl methyl sites for hydroxylation is 1. The summed E-state index contributed by atoms with van der Waals surface area (Å²) in [6.45, 7) is 7.60. The van der Waals surface area contributed by atoms with E-state index in [0.29, 0.717) is 0 Å². The van der Waals surface area contributed by atoms with Crippen molar-refractivity contribution in [3.8, 4) is 0 Å². The lowest BCUT2D eigenvalue weighted by molar-refractivity contribution is -0.161. The van der Waals surface area contributed by atoms with Gasteiger partial charge in [0.05, 0.1) is 11.2 Å². The third-order valence-corrected chi connectivity index (χ3v) is 3.31. The lowest BCUT2D eigenvalue weighted by Crippen LogP contribution is -2.30. The highest BCUT2D eigenvalue weighted by atomic mass is 19.4. The SMILES string of the molecule is Cc1cc(C2(C(F)(F)F)CC2)nn1C(C)(C)C. The van der Waals surface area contributed by atoms with Gasteiger partial charge in [0, 0.05) is 5.69 Å². The summed E-state index contributed by atoms with van der Waals surface area (Å²) < 4.78 is 40.6. The molecule has 0 aliphatic heterocycles. The van der Waals surface area contributed by atoms with Crippen LogP contribution in [0.3, 0.4) is 0 Å². The first-order valence-corrected chi connectivity index (χ1v) is 5.72. The zero-order valence-electron chi connectivity index (χ0n) is 10.5. The lowest BCUT2D eigenvalue weighted by Gasteiger charge is -2.22. The van der Waals surface area contributed by atoms with E-state index in [1.54, 1.807) is 17.7 Å². The molecule has 1 saturated carbocycles. The molecule has 0 N–H and O–H groups in total. The second kappa shape index (κ2) is 3.27. The first-order valence-electron chi connectivity index (χ1n) is 5.72. The van der Waals surface area contributed by atoms with Gasteiger partial charge >= 0.3 is 6.18 Å². The highest BCUT2D eigenvalue weighted by molar-refractivity contribution is 5.29. The zero-order valence-corrected chi connectivity index (χ0v) is 10.5. The van der Waals surface area contributed by atoms with E-state index in [1.165, 1.54) is 0 Å². The van der Waals surface area contributed by atoms with E-state index in [1.807, 2.05) is 20.8 Å². The molecular weight excluding hydrogens is 229 g/mol. The summed E-state index contributed by atoms with van der Waals surface area (Å²) >= 11 is 0. The van der Waals surface area contributed by atoms with Crippen molar-refractivity contribution in [3.05, 3.63) is 17.5 Å². The fraction of sp³-hybridized carbons (Fsp3) is 0.750. The quantitative estimate of drug-likeness (QED) is 0.741. The first kappa shape index (κ1) is 12.5. The van der Waals surface area contributed by atoms with Gasteiger partial charge in [-0.05, 0) is 46.6 Å². The number of hydrogen-bond donors (Lipinski definition) is 0. The summed E-state index contributed by atoms with van der Waals surface area (Å²) in [5, 5.41) is 4.18. The molecule has 0 radical (unpaired) electrons. The van der Waals surface area contributed by atoms with Gasteiger partial charge in [0.2, 0.25) is 0 Å². The fourth-order valence-corrected chi connectivity index (χ4v) is 2.20. The fourth-order valence-electron chi connectivity index (χ4n) is 2.20. The molecule has 1 fully saturated rings. The summed E-state index contributed by atoms with van der Waals surface area (Å²) in [5.74, 6) is 0. The standard InChI is InChI=1S/C12H17F3N2/c1-8-7-9(16-17(8)10(2,3)4)11(5-6-11)12(13,14)15/h7H,5-6H2,1-4H3. The normalized spacial score (nSPS) is 19.5. The van der Waals surface area contributed by atoms with Crippen LogP contribution in [0.25, 0.3) is 0 Å². The Bertz CT molecular complexity index is 434. The number of aromatic nitrogens is 2. The van der Waals surface area contributed by atoms with Crippen molar-refractivity contribution < 1.29 is 13.2 Å². The van der Waals surface area contributed by atoms with Crippen LogP contribution in [-0.2, 0) is 11.0 Å². The molecule has 1 aliphatic rings. The smallest absolute Gasteiger partial charge is 0.264 e. The average molecular weight is 246 g/mol. The number of rotatable bonds is 1. The van der Waals surface area contributed by atoms with Crippen LogP contribution >= 0.6 is 0 Å². The molecule has 5 heteroatoms. The highest BCUT2D eigenvalue weighted by Gasteiger charge is 2.65. The van der Waals surface area contributed by atoms with Gasteiger partial charge < -0.3 is 0 Å². The number of nitrogens with zero attached hydrogens (tertiary/aromatic N) is 2. The van der Waals surface area contributed by atoms with Crippen LogP contribution in [0, 0.1) is 6.92 Å². The monoisotopic (exact) mass is 246 g/mol. The zero-order chi connectivity index (χ0) is 13.1. The van der Waals surface area contributed by atoms with Crippen LogP contribution < -0.4 is 0 Å². The van der Waals surface area contributed by atoms with Gasteiger partial charge in [-0.25, -0.2) is 0 Å². The minimum Gasteiger partial charge on any atom is -0.264 e. The molecule has 0 spiro atoms. The molecular formula is C12H17F3N2. The third kappa shape index (κ3) is 1.85. The number of alkyl halides is 3. The molecule has 0 saturated heterocycles. The van der Waals surface area contributed by atoms with Crippen LogP contribution in [0.5, 0.6) is 0 Å². The molecule has 0 amide bonds. The Morgan fingerprint density at radius 3 is 2.06 bits per heavy atom. The second-order valence-electron chi connectivity index (χ2n) is 5.83. The van der Waals surface area contributed by atoms with Gasteiger partial charge in [-0.1, -0.05) is 0 Å². The Labute approximate surface area is 98.8 Å². The van der Waals surface area contributed by atoms with Crippen molar-refractivity contribution in [1.82, 2.24) is 9.78 Å². The molecule has 1 aliphatic carbocycles. The summed E-state index contributed by atoms with van der Waals surface area (Å²) in [7, 11) is 0. The predicted octanol–water partition coefficient (Wildman–Crippen LogP) is 3.54. The van der Waals surface area contributed by atoms with Crippen molar-refractivity contribution in [2.75, 3.05) is 0 Å². The number of hydrogen-bond acceptors (Lipinski definition) is 1. The molecule has 0 aromatic carbocycles. The van der Waals surface area contributed by atoms with Crippen LogP contribution in [0.15, 0.2) is 6.07 Å². The van der Waals surface area contributed by atoms with E-state index in [2.05, 4.69) is 5.10 Å². The highest BCUT2D eigenvalue weighted by Crippen LogP contribution is 2.58. The van der Waals surface area contributed by atoms with E-state index in [-0.39, 0.29) is 24.1 Å². The molecule has 2 rings (SSSR count). The van der Waals surface area contributed by atoms with Crippen molar-refractivity contribution in [2.45, 2.75) is 57.7 Å². The molecule has 0 unspecified atom stereocenters. The molecule has 17 heavy (non-hydrogen) atoms. The van der Waals surface area contributed by atoms with Gasteiger partial charge in [0.15, 0.2) is 0 Å². The van der Waals surface area contributed by atoms with Gasteiger partial charge in [-0.3, -0.25) is 4.68 Å². The maximum atomic E-state index is 13.0. The molecule has 1 aromatic rings. The van der Waals surface area contributed by atoms with Crippen LogP contribution in [-0.4, -0.2) is 16.0 Å². The molecule has 1 heterocycles. The van der Waals surface area contributed by atoms with Crippen LogP contribution in [0.2, 0.25) is 0 Å². The Balaban J connectivity index is 2.44. The Kier molecular flexibility index (Phi) is 2.39. The van der Waals surface area contributed by atoms with Crippen LogP contribution in [0.1, 0.15) is 45.0 Å². The van der Waals surface area contributed by atoms with Gasteiger partial charge in [-0.2, -0.15) is 18.3 Å². The lowest BCUT2D eigenvalue weighted by atomic mass is 10.0. The topological polar surface area (TPSA) is 17.8 Å². The molecule has 0 atom stereocenters. The van der Waals surface area contributed by atoms with Crippen molar-refractivity contribution in [1.29, 1.82) is 0 Å². The summed E-state index contributed by atoms with van der Waals surface area (Å²) in [4.78, 5) is 0. The Morgan fingerprint density at radius 2 is 1.76 bits per heavy atom. The van der Waals surface area contributed by atoms with Crippen molar-refractivity contribution >= 4 is 0 Å². The van der Waals surface area contributed by atoms with E-state index in [9.17, 15) is 13.2 Å². The van der Waals surface area contributed by atoms with Gasteiger partial charge in [-0.15, -0.1) is 0 Å². The van der Waals surface area contributed by atoms with Gasteiger partial charge in [0.1, 0.15) is 5.41 Å².